The maximum Gasteiger partial charge on any atom is 0.119 e. The number of hydrogen-bond acceptors (Lipinski definition) is 3. The topological polar surface area (TPSA) is 22.1 Å². The van der Waals surface area contributed by atoms with Crippen LogP contribution in [0.3, 0.4) is 0 Å². The van der Waals surface area contributed by atoms with Gasteiger partial charge in [0.15, 0.2) is 0 Å². The lowest BCUT2D eigenvalue weighted by Gasteiger charge is -2.14. The molecule has 2 aromatic carbocycles. The Kier molecular flexibility index (Phi) is 4.72. The van der Waals surface area contributed by atoms with Gasteiger partial charge in [-0.2, -0.15) is 0 Å². The van der Waals surface area contributed by atoms with Crippen LogP contribution in [0.1, 0.15) is 35.2 Å². The molecule has 1 saturated carbocycles. The Balaban J connectivity index is 1.70. The van der Waals surface area contributed by atoms with Crippen molar-refractivity contribution < 1.29 is 4.74 Å². The van der Waals surface area contributed by atoms with Crippen LogP contribution in [0, 0.1) is 6.92 Å². The van der Waals surface area contributed by atoms with Crippen molar-refractivity contribution in [2.75, 3.05) is 6.61 Å². The van der Waals surface area contributed by atoms with E-state index in [-0.39, 0.29) is 5.41 Å². The van der Waals surface area contributed by atoms with Gasteiger partial charge in [-0.05, 0) is 68.7 Å². The minimum Gasteiger partial charge on any atom is -0.494 e. The molecular formula is C21H19Cl2NOS. The maximum atomic E-state index is 6.49. The number of aryl methyl sites for hydroxylation is 1. The Bertz CT molecular complexity index is 945. The van der Waals surface area contributed by atoms with Crippen LogP contribution >= 0.6 is 34.5 Å². The summed E-state index contributed by atoms with van der Waals surface area (Å²) in [5.41, 5.74) is 3.24. The summed E-state index contributed by atoms with van der Waals surface area (Å²) in [4.78, 5) is 6.24. The summed E-state index contributed by atoms with van der Waals surface area (Å²) in [6.07, 6.45) is 2.15. The number of hydrogen-bond donors (Lipinski definition) is 0. The first kappa shape index (κ1) is 17.8. The first-order chi connectivity index (χ1) is 12.5. The zero-order valence-corrected chi connectivity index (χ0v) is 17.0. The SMILES string of the molecule is CCOc1ccc(-c2nc(C3(c4ccc(Cl)cc4Cl)CC3)sc2C)cc1. The van der Waals surface area contributed by atoms with E-state index in [0.717, 1.165) is 45.4 Å². The van der Waals surface area contributed by atoms with Gasteiger partial charge >= 0.3 is 0 Å². The zero-order valence-electron chi connectivity index (χ0n) is 14.7. The molecule has 0 unspecified atom stereocenters. The molecule has 0 spiro atoms. The number of benzene rings is 2. The van der Waals surface area contributed by atoms with Crippen LogP contribution in [-0.4, -0.2) is 11.6 Å². The van der Waals surface area contributed by atoms with Gasteiger partial charge in [-0.25, -0.2) is 4.98 Å². The molecule has 2 nitrogen and oxygen atoms in total. The highest BCUT2D eigenvalue weighted by Gasteiger charge is 2.49. The maximum absolute atomic E-state index is 6.49. The van der Waals surface area contributed by atoms with Crippen molar-refractivity contribution in [1.82, 2.24) is 4.98 Å². The second-order valence-electron chi connectivity index (χ2n) is 6.59. The lowest BCUT2D eigenvalue weighted by molar-refractivity contribution is 0.340. The molecule has 26 heavy (non-hydrogen) atoms. The summed E-state index contributed by atoms with van der Waals surface area (Å²) in [6.45, 7) is 4.79. The molecule has 0 saturated heterocycles. The second kappa shape index (κ2) is 6.88. The fraction of sp³-hybridized carbons (Fsp3) is 0.286. The third kappa shape index (κ3) is 3.13. The molecule has 1 heterocycles. The fourth-order valence-corrected chi connectivity index (χ4v) is 5.13. The second-order valence-corrected chi connectivity index (χ2v) is 8.63. The predicted molar refractivity (Wildman–Crippen MR) is 110 cm³/mol. The number of nitrogens with zero attached hydrogens (tertiary/aromatic N) is 1. The van der Waals surface area contributed by atoms with Gasteiger partial charge in [-0.1, -0.05) is 29.3 Å². The molecule has 0 N–H and O–H groups in total. The average Bonchev–Trinajstić information content (AvgIpc) is 3.32. The third-order valence-corrected chi connectivity index (χ3v) is 6.56. The lowest BCUT2D eigenvalue weighted by atomic mass is 9.96. The number of rotatable bonds is 5. The Morgan fingerprint density at radius 1 is 1.12 bits per heavy atom. The van der Waals surface area contributed by atoms with E-state index in [0.29, 0.717) is 11.6 Å². The van der Waals surface area contributed by atoms with E-state index in [1.54, 1.807) is 11.3 Å². The van der Waals surface area contributed by atoms with Crippen LogP contribution in [0.25, 0.3) is 11.3 Å². The van der Waals surface area contributed by atoms with Gasteiger partial charge in [0.2, 0.25) is 0 Å². The summed E-state index contributed by atoms with van der Waals surface area (Å²) < 4.78 is 5.53. The summed E-state index contributed by atoms with van der Waals surface area (Å²) in [7, 11) is 0. The van der Waals surface area contributed by atoms with Crippen molar-refractivity contribution >= 4 is 34.5 Å². The van der Waals surface area contributed by atoms with E-state index in [4.69, 9.17) is 32.9 Å². The number of aromatic nitrogens is 1. The van der Waals surface area contributed by atoms with Gasteiger partial charge in [-0.3, -0.25) is 0 Å². The molecule has 0 amide bonds. The Morgan fingerprint density at radius 2 is 1.85 bits per heavy atom. The van der Waals surface area contributed by atoms with E-state index in [2.05, 4.69) is 19.1 Å². The molecule has 0 aliphatic heterocycles. The van der Waals surface area contributed by atoms with Gasteiger partial charge < -0.3 is 4.74 Å². The molecule has 0 atom stereocenters. The van der Waals surface area contributed by atoms with Crippen LogP contribution in [0.4, 0.5) is 0 Å². The van der Waals surface area contributed by atoms with Crippen molar-refractivity contribution in [2.45, 2.75) is 32.1 Å². The third-order valence-electron chi connectivity index (χ3n) is 4.84. The largest absolute Gasteiger partial charge is 0.494 e. The number of ether oxygens (including phenoxy) is 1. The molecule has 1 aromatic heterocycles. The number of thiazole rings is 1. The average molecular weight is 404 g/mol. The van der Waals surface area contributed by atoms with E-state index < -0.39 is 0 Å². The van der Waals surface area contributed by atoms with Crippen molar-refractivity contribution in [3.63, 3.8) is 0 Å². The number of halogens is 2. The predicted octanol–water partition coefficient (Wildman–Crippen LogP) is 6.90. The molecule has 1 aliphatic carbocycles. The van der Waals surface area contributed by atoms with Gasteiger partial charge in [0.05, 0.1) is 12.3 Å². The molecule has 0 radical (unpaired) electrons. The summed E-state index contributed by atoms with van der Waals surface area (Å²) in [5.74, 6) is 0.885. The Labute approximate surface area is 167 Å². The summed E-state index contributed by atoms with van der Waals surface area (Å²) >= 11 is 14.3. The molecule has 134 valence electrons. The Hall–Kier alpha value is -1.55. The summed E-state index contributed by atoms with van der Waals surface area (Å²) in [6, 6.07) is 13.9. The van der Waals surface area contributed by atoms with Crippen LogP contribution < -0.4 is 4.74 Å². The monoisotopic (exact) mass is 403 g/mol. The van der Waals surface area contributed by atoms with Crippen LogP contribution in [-0.2, 0) is 5.41 Å². The molecule has 5 heteroatoms. The molecule has 3 aromatic rings. The quantitative estimate of drug-likeness (QED) is 0.461. The molecule has 0 bridgehead atoms. The first-order valence-corrected chi connectivity index (χ1v) is 10.3. The van der Waals surface area contributed by atoms with Gasteiger partial charge in [0.25, 0.3) is 0 Å². The molecule has 1 aliphatic rings. The van der Waals surface area contributed by atoms with E-state index in [9.17, 15) is 0 Å². The zero-order chi connectivity index (χ0) is 18.3. The normalized spacial score (nSPS) is 15.1. The smallest absolute Gasteiger partial charge is 0.119 e. The van der Waals surface area contributed by atoms with E-state index in [1.165, 1.54) is 4.88 Å². The van der Waals surface area contributed by atoms with E-state index in [1.807, 2.05) is 37.3 Å². The van der Waals surface area contributed by atoms with Crippen LogP contribution in [0.15, 0.2) is 42.5 Å². The highest BCUT2D eigenvalue weighted by molar-refractivity contribution is 7.12. The van der Waals surface area contributed by atoms with Gasteiger partial charge in [0.1, 0.15) is 10.8 Å². The van der Waals surface area contributed by atoms with Crippen molar-refractivity contribution in [3.8, 4) is 17.0 Å². The van der Waals surface area contributed by atoms with Crippen molar-refractivity contribution in [1.29, 1.82) is 0 Å². The van der Waals surface area contributed by atoms with Crippen LogP contribution in [0.2, 0.25) is 10.0 Å². The molecule has 4 rings (SSSR count). The van der Waals surface area contributed by atoms with Gasteiger partial charge in [0, 0.05) is 25.9 Å². The van der Waals surface area contributed by atoms with Gasteiger partial charge in [-0.15, -0.1) is 11.3 Å². The van der Waals surface area contributed by atoms with Crippen molar-refractivity contribution in [2.24, 2.45) is 0 Å². The molecular weight excluding hydrogens is 385 g/mol. The lowest BCUT2D eigenvalue weighted by Crippen LogP contribution is -2.09. The molecule has 1 fully saturated rings. The standard InChI is InChI=1S/C21H19Cl2NOS/c1-3-25-16-7-4-14(5-8-16)19-13(2)26-20(24-19)21(10-11-21)17-9-6-15(22)12-18(17)23/h4-9,12H,3,10-11H2,1-2H3. The van der Waals surface area contributed by atoms with E-state index >= 15 is 0 Å². The highest BCUT2D eigenvalue weighted by atomic mass is 35.5. The minimum absolute atomic E-state index is 0.0549. The van der Waals surface area contributed by atoms with Crippen molar-refractivity contribution in [3.05, 3.63) is 68.0 Å². The highest BCUT2D eigenvalue weighted by Crippen LogP contribution is 2.57. The van der Waals surface area contributed by atoms with Crippen LogP contribution in [0.5, 0.6) is 5.75 Å². The fourth-order valence-electron chi connectivity index (χ4n) is 3.35. The summed E-state index contributed by atoms with van der Waals surface area (Å²) in [5, 5.41) is 2.54. The Morgan fingerprint density at radius 3 is 2.46 bits per heavy atom. The minimum atomic E-state index is -0.0549. The first-order valence-electron chi connectivity index (χ1n) is 8.70.